The first-order chi connectivity index (χ1) is 12.6. The van der Waals surface area contributed by atoms with Gasteiger partial charge < -0.3 is 15.2 Å². The van der Waals surface area contributed by atoms with Crippen LogP contribution >= 0.6 is 0 Å². The van der Waals surface area contributed by atoms with Crippen molar-refractivity contribution >= 4 is 17.9 Å². The Bertz CT molecular complexity index is 827. The summed E-state index contributed by atoms with van der Waals surface area (Å²) >= 11 is 0. The van der Waals surface area contributed by atoms with E-state index in [9.17, 15) is 14.7 Å². The Balaban J connectivity index is 1.59. The number of carbonyl (C=O) groups is 2. The van der Waals surface area contributed by atoms with Gasteiger partial charge in [0.2, 0.25) is 0 Å². The Morgan fingerprint density at radius 1 is 1.23 bits per heavy atom. The summed E-state index contributed by atoms with van der Waals surface area (Å²) in [5.74, 6) is -0.355. The van der Waals surface area contributed by atoms with Crippen molar-refractivity contribution < 1.29 is 19.4 Å². The topological polar surface area (TPSA) is 93.5 Å². The van der Waals surface area contributed by atoms with Gasteiger partial charge in [0.1, 0.15) is 12.4 Å². The monoisotopic (exact) mass is 355 g/mol. The van der Waals surface area contributed by atoms with Gasteiger partial charge in [-0.25, -0.2) is 4.79 Å². The molecule has 0 spiro atoms. The lowest BCUT2D eigenvalue weighted by atomic mass is 9.86. The van der Waals surface area contributed by atoms with Gasteiger partial charge in [0, 0.05) is 11.6 Å². The molecule has 1 atom stereocenters. The quantitative estimate of drug-likeness (QED) is 0.800. The van der Waals surface area contributed by atoms with Gasteiger partial charge in [-0.1, -0.05) is 30.3 Å². The molecule has 2 N–H and O–H groups in total. The molecule has 0 bridgehead atoms. The lowest BCUT2D eigenvalue weighted by Gasteiger charge is -2.22. The number of fused-ring (bicyclic) bond motifs is 1. The van der Waals surface area contributed by atoms with Crippen LogP contribution in [0.15, 0.2) is 30.3 Å². The minimum atomic E-state index is -1.14. The highest BCUT2D eigenvalue weighted by Crippen LogP contribution is 2.39. The molecule has 1 fully saturated rings. The zero-order valence-electron chi connectivity index (χ0n) is 14.4. The molecule has 136 valence electrons. The van der Waals surface area contributed by atoms with Crippen LogP contribution in [0.5, 0.6) is 0 Å². The van der Waals surface area contributed by atoms with Gasteiger partial charge in [0.15, 0.2) is 0 Å². The number of aromatic nitrogens is 2. The molecule has 0 aliphatic heterocycles. The molecule has 2 aliphatic rings. The number of aryl methyl sites for hydroxylation is 1. The van der Waals surface area contributed by atoms with E-state index in [-0.39, 0.29) is 18.6 Å². The van der Waals surface area contributed by atoms with Crippen LogP contribution in [0, 0.1) is 0 Å². The molecule has 1 saturated carbocycles. The molecule has 7 nitrogen and oxygen atoms in total. The van der Waals surface area contributed by atoms with Crippen LogP contribution in [-0.2, 0) is 22.6 Å². The largest absolute Gasteiger partial charge is 0.463 e. The van der Waals surface area contributed by atoms with E-state index in [0.717, 1.165) is 29.5 Å². The average molecular weight is 355 g/mol. The second-order valence-electron chi connectivity index (χ2n) is 6.86. The molecular formula is C19H21N3O4. The summed E-state index contributed by atoms with van der Waals surface area (Å²) in [4.78, 5) is 24.3. The molecule has 4 rings (SSSR count). The van der Waals surface area contributed by atoms with Crippen molar-refractivity contribution in [1.82, 2.24) is 9.78 Å². The maximum absolute atomic E-state index is 12.7. The second-order valence-corrected chi connectivity index (χ2v) is 6.86. The Kier molecular flexibility index (Phi) is 4.36. The van der Waals surface area contributed by atoms with Crippen molar-refractivity contribution in [3.05, 3.63) is 47.2 Å². The Morgan fingerprint density at radius 2 is 2.00 bits per heavy atom. The van der Waals surface area contributed by atoms with E-state index in [4.69, 9.17) is 4.74 Å². The molecule has 1 aromatic carbocycles. The number of rotatable bonds is 5. The second kappa shape index (κ2) is 6.82. The van der Waals surface area contributed by atoms with Gasteiger partial charge in [-0.15, -0.1) is 4.68 Å². The number of hydrogen-bond donors (Lipinski definition) is 2. The standard InChI is InChI=1S/C19H21N3O4/c23-18(26-11-12-5-2-1-3-6-12)14-7-4-8-15-16(14)17(20-13-9-10-13)22(21-15)19(24)25/h1-3,5-6,13-14,20H,4,7-11H2,(H,24,25). The predicted molar refractivity (Wildman–Crippen MR) is 94.2 cm³/mol. The van der Waals surface area contributed by atoms with Crippen LogP contribution in [0.2, 0.25) is 0 Å². The third-order valence-electron chi connectivity index (χ3n) is 4.86. The fourth-order valence-electron chi connectivity index (χ4n) is 3.41. The van der Waals surface area contributed by atoms with Crippen LogP contribution in [0.25, 0.3) is 0 Å². The first-order valence-corrected chi connectivity index (χ1v) is 8.95. The highest BCUT2D eigenvalue weighted by molar-refractivity contribution is 5.83. The SMILES string of the molecule is O=C(OCc1ccccc1)C1CCCc2nn(C(=O)O)c(NC3CC3)c21. The Morgan fingerprint density at radius 3 is 2.69 bits per heavy atom. The number of nitrogens with one attached hydrogen (secondary N) is 1. The van der Waals surface area contributed by atoms with E-state index in [0.29, 0.717) is 29.9 Å². The fraction of sp³-hybridized carbons (Fsp3) is 0.421. The molecule has 0 radical (unpaired) electrons. The molecular weight excluding hydrogens is 334 g/mol. The van der Waals surface area contributed by atoms with E-state index < -0.39 is 12.0 Å². The summed E-state index contributed by atoms with van der Waals surface area (Å²) in [5, 5.41) is 16.9. The van der Waals surface area contributed by atoms with E-state index in [1.54, 1.807) is 0 Å². The van der Waals surface area contributed by atoms with Crippen molar-refractivity contribution in [1.29, 1.82) is 0 Å². The zero-order valence-corrected chi connectivity index (χ0v) is 14.4. The lowest BCUT2D eigenvalue weighted by molar-refractivity contribution is -0.147. The van der Waals surface area contributed by atoms with Crippen LogP contribution in [-0.4, -0.2) is 33.0 Å². The van der Waals surface area contributed by atoms with E-state index in [1.165, 1.54) is 0 Å². The third kappa shape index (κ3) is 3.29. The summed E-state index contributed by atoms with van der Waals surface area (Å²) in [5.41, 5.74) is 2.31. The molecule has 0 saturated heterocycles. The number of carboxylic acid groups (broad SMARTS) is 1. The average Bonchev–Trinajstić information content (AvgIpc) is 3.39. The number of carbonyl (C=O) groups excluding carboxylic acids is 1. The molecule has 1 unspecified atom stereocenters. The number of hydrogen-bond acceptors (Lipinski definition) is 5. The number of benzene rings is 1. The molecule has 2 aliphatic carbocycles. The van der Waals surface area contributed by atoms with Crippen molar-refractivity contribution in [2.45, 2.75) is 50.7 Å². The minimum Gasteiger partial charge on any atom is -0.463 e. The van der Waals surface area contributed by atoms with Gasteiger partial charge in [0.25, 0.3) is 0 Å². The molecule has 1 heterocycles. The van der Waals surface area contributed by atoms with Crippen molar-refractivity contribution in [3.63, 3.8) is 0 Å². The maximum atomic E-state index is 12.7. The molecule has 26 heavy (non-hydrogen) atoms. The number of esters is 1. The van der Waals surface area contributed by atoms with E-state index >= 15 is 0 Å². The Labute approximate surface area is 151 Å². The molecule has 0 amide bonds. The molecule has 2 aromatic rings. The van der Waals surface area contributed by atoms with Gasteiger partial charge in [0.05, 0.1) is 11.6 Å². The molecule has 7 heteroatoms. The summed E-state index contributed by atoms with van der Waals surface area (Å²) in [7, 11) is 0. The van der Waals surface area contributed by atoms with Gasteiger partial charge in [-0.3, -0.25) is 4.79 Å². The Hall–Kier alpha value is -2.83. The summed E-state index contributed by atoms with van der Waals surface area (Å²) < 4.78 is 6.50. The third-order valence-corrected chi connectivity index (χ3v) is 4.86. The highest BCUT2D eigenvalue weighted by Gasteiger charge is 2.37. The minimum absolute atomic E-state index is 0.212. The zero-order chi connectivity index (χ0) is 18.1. The van der Waals surface area contributed by atoms with Crippen molar-refractivity contribution in [3.8, 4) is 0 Å². The first kappa shape index (κ1) is 16.6. The van der Waals surface area contributed by atoms with Crippen LogP contribution in [0.3, 0.4) is 0 Å². The van der Waals surface area contributed by atoms with Crippen LogP contribution < -0.4 is 5.32 Å². The number of nitrogens with zero attached hydrogens (tertiary/aromatic N) is 2. The predicted octanol–water partition coefficient (Wildman–Crippen LogP) is 3.15. The maximum Gasteiger partial charge on any atom is 0.434 e. The van der Waals surface area contributed by atoms with Crippen molar-refractivity contribution in [2.75, 3.05) is 5.32 Å². The number of anilines is 1. The number of ether oxygens (including phenoxy) is 1. The normalized spacial score (nSPS) is 18.8. The summed E-state index contributed by atoms with van der Waals surface area (Å²) in [6.45, 7) is 0.212. The van der Waals surface area contributed by atoms with Crippen molar-refractivity contribution in [2.24, 2.45) is 0 Å². The summed E-state index contributed by atoms with van der Waals surface area (Å²) in [6, 6.07) is 9.78. The van der Waals surface area contributed by atoms with Crippen LogP contribution in [0.1, 0.15) is 48.4 Å². The smallest absolute Gasteiger partial charge is 0.434 e. The lowest BCUT2D eigenvalue weighted by Crippen LogP contribution is -2.22. The van der Waals surface area contributed by atoms with E-state index in [1.807, 2.05) is 30.3 Å². The van der Waals surface area contributed by atoms with E-state index in [2.05, 4.69) is 10.4 Å². The molecule has 1 aromatic heterocycles. The fourth-order valence-corrected chi connectivity index (χ4v) is 3.41. The first-order valence-electron chi connectivity index (χ1n) is 8.95. The van der Waals surface area contributed by atoms with Gasteiger partial charge in [-0.2, -0.15) is 5.10 Å². The summed E-state index contributed by atoms with van der Waals surface area (Å²) in [6.07, 6.45) is 2.98. The van der Waals surface area contributed by atoms with Crippen LogP contribution in [0.4, 0.5) is 10.6 Å². The van der Waals surface area contributed by atoms with Gasteiger partial charge >= 0.3 is 12.1 Å². The van der Waals surface area contributed by atoms with Gasteiger partial charge in [-0.05, 0) is 37.7 Å². The highest BCUT2D eigenvalue weighted by atomic mass is 16.5.